The van der Waals surface area contributed by atoms with Crippen LogP contribution >= 0.6 is 0 Å². The second kappa shape index (κ2) is 8.22. The molecule has 0 saturated heterocycles. The third kappa shape index (κ3) is 6.07. The fraction of sp³-hybridized carbons (Fsp3) is 0.412. The molecule has 1 aromatic carbocycles. The quantitative estimate of drug-likeness (QED) is 0.777. The van der Waals surface area contributed by atoms with Crippen LogP contribution in [0.15, 0.2) is 34.9 Å². The van der Waals surface area contributed by atoms with Crippen LogP contribution in [0, 0.1) is 5.92 Å². The number of oxazole rings is 1. The van der Waals surface area contributed by atoms with Gasteiger partial charge in [0, 0.05) is 6.54 Å². The van der Waals surface area contributed by atoms with Crippen molar-refractivity contribution in [2.75, 3.05) is 0 Å². The first-order valence-electron chi connectivity index (χ1n) is 7.98. The van der Waals surface area contributed by atoms with Gasteiger partial charge < -0.3 is 20.2 Å². The van der Waals surface area contributed by atoms with Crippen LogP contribution in [0.2, 0.25) is 0 Å². The Hall–Kier alpha value is -2.55. The van der Waals surface area contributed by atoms with Crippen LogP contribution < -0.4 is 15.8 Å². The minimum atomic E-state index is -4.74. The fourth-order valence-corrected chi connectivity index (χ4v) is 2.25. The number of rotatable bonds is 7. The number of ether oxygens (including phenoxy) is 1. The van der Waals surface area contributed by atoms with Crippen molar-refractivity contribution in [1.29, 1.82) is 0 Å². The summed E-state index contributed by atoms with van der Waals surface area (Å²) in [7, 11) is 0. The molecule has 6 nitrogen and oxygen atoms in total. The normalized spacial score (nSPS) is 12.9. The topological polar surface area (TPSA) is 90.4 Å². The van der Waals surface area contributed by atoms with Gasteiger partial charge in [0.2, 0.25) is 5.89 Å². The summed E-state index contributed by atoms with van der Waals surface area (Å²) >= 11 is 0. The number of hydrogen-bond donors (Lipinski definition) is 2. The van der Waals surface area contributed by atoms with E-state index in [0.29, 0.717) is 17.9 Å². The van der Waals surface area contributed by atoms with Crippen LogP contribution in [-0.4, -0.2) is 17.3 Å². The molecule has 0 bridgehead atoms. The molecular weight excluding hydrogens is 351 g/mol. The number of carbonyl (C=O) groups is 1. The first kappa shape index (κ1) is 19.8. The summed E-state index contributed by atoms with van der Waals surface area (Å²) in [6, 6.07) is 4.81. The van der Waals surface area contributed by atoms with E-state index in [4.69, 9.17) is 10.2 Å². The molecule has 2 aromatic rings. The highest BCUT2D eigenvalue weighted by Crippen LogP contribution is 2.23. The van der Waals surface area contributed by atoms with Gasteiger partial charge in [-0.2, -0.15) is 0 Å². The first-order valence-corrected chi connectivity index (χ1v) is 7.98. The maximum Gasteiger partial charge on any atom is 0.573 e. The van der Waals surface area contributed by atoms with E-state index in [0.717, 1.165) is 0 Å². The molecule has 1 heterocycles. The molecule has 1 aromatic heterocycles. The fourth-order valence-electron chi connectivity index (χ4n) is 2.25. The van der Waals surface area contributed by atoms with Gasteiger partial charge in [0.25, 0.3) is 5.91 Å². The molecule has 0 aliphatic carbocycles. The van der Waals surface area contributed by atoms with Crippen molar-refractivity contribution in [1.82, 2.24) is 10.3 Å². The number of nitrogens with one attached hydrogen (secondary N) is 1. The SMILES string of the molecule is CC(C)CC(N)c1nc(C(=O)NCc2ccc(OC(F)(F)F)cc2)co1. The van der Waals surface area contributed by atoms with E-state index in [1.165, 1.54) is 30.5 Å². The molecule has 142 valence electrons. The number of hydrogen-bond acceptors (Lipinski definition) is 5. The maximum absolute atomic E-state index is 12.1. The molecule has 0 radical (unpaired) electrons. The summed E-state index contributed by atoms with van der Waals surface area (Å²) in [5, 5.41) is 2.61. The molecule has 26 heavy (non-hydrogen) atoms. The van der Waals surface area contributed by atoms with Gasteiger partial charge in [-0.25, -0.2) is 4.98 Å². The number of benzene rings is 1. The third-order valence-corrected chi connectivity index (χ3v) is 3.41. The molecule has 0 aliphatic rings. The molecule has 0 fully saturated rings. The van der Waals surface area contributed by atoms with E-state index >= 15 is 0 Å². The van der Waals surface area contributed by atoms with Gasteiger partial charge in [-0.3, -0.25) is 4.79 Å². The number of alkyl halides is 3. The van der Waals surface area contributed by atoms with Crippen molar-refractivity contribution in [3.05, 3.63) is 47.7 Å². The Bertz CT molecular complexity index is 727. The van der Waals surface area contributed by atoms with Crippen LogP contribution in [-0.2, 0) is 6.54 Å². The predicted molar refractivity (Wildman–Crippen MR) is 87.2 cm³/mol. The number of aromatic nitrogens is 1. The van der Waals surface area contributed by atoms with Gasteiger partial charge in [0.05, 0.1) is 6.04 Å². The lowest BCUT2D eigenvalue weighted by Crippen LogP contribution is -2.23. The van der Waals surface area contributed by atoms with Gasteiger partial charge in [-0.15, -0.1) is 13.2 Å². The Balaban J connectivity index is 1.89. The molecule has 1 atom stereocenters. The maximum atomic E-state index is 12.1. The predicted octanol–water partition coefficient (Wildman–Crippen LogP) is 3.55. The second-order valence-corrected chi connectivity index (χ2v) is 6.18. The largest absolute Gasteiger partial charge is 0.573 e. The summed E-state index contributed by atoms with van der Waals surface area (Å²) in [5.74, 6) is -0.142. The van der Waals surface area contributed by atoms with Crippen molar-refractivity contribution in [3.63, 3.8) is 0 Å². The Labute approximate surface area is 148 Å². The zero-order chi connectivity index (χ0) is 19.3. The van der Waals surface area contributed by atoms with E-state index in [1.807, 2.05) is 13.8 Å². The van der Waals surface area contributed by atoms with Crippen molar-refractivity contribution in [2.45, 2.75) is 39.2 Å². The van der Waals surface area contributed by atoms with Crippen LogP contribution in [0.3, 0.4) is 0 Å². The lowest BCUT2D eigenvalue weighted by atomic mass is 10.0. The molecule has 0 saturated carbocycles. The summed E-state index contributed by atoms with van der Waals surface area (Å²) in [4.78, 5) is 16.2. The van der Waals surface area contributed by atoms with Gasteiger partial charge >= 0.3 is 6.36 Å². The van der Waals surface area contributed by atoms with Crippen molar-refractivity contribution in [3.8, 4) is 5.75 Å². The third-order valence-electron chi connectivity index (χ3n) is 3.41. The summed E-state index contributed by atoms with van der Waals surface area (Å²) < 4.78 is 45.3. The number of halogens is 3. The molecule has 9 heteroatoms. The number of nitrogens with zero attached hydrogens (tertiary/aromatic N) is 1. The standard InChI is InChI=1S/C17H20F3N3O3/c1-10(2)7-13(21)16-23-14(9-25-16)15(24)22-8-11-3-5-12(6-4-11)26-17(18,19)20/h3-6,9-10,13H,7-8,21H2,1-2H3,(H,22,24). The molecule has 2 rings (SSSR count). The summed E-state index contributed by atoms with van der Waals surface area (Å²) in [5.41, 5.74) is 6.65. The minimum Gasteiger partial charge on any atom is -0.446 e. The zero-order valence-corrected chi connectivity index (χ0v) is 14.3. The first-order chi connectivity index (χ1) is 12.1. The van der Waals surface area contributed by atoms with Crippen LogP contribution in [0.1, 0.15) is 48.3 Å². The smallest absolute Gasteiger partial charge is 0.446 e. The highest BCUT2D eigenvalue weighted by Gasteiger charge is 2.30. The van der Waals surface area contributed by atoms with E-state index in [2.05, 4.69) is 15.0 Å². The van der Waals surface area contributed by atoms with Crippen molar-refractivity contribution >= 4 is 5.91 Å². The molecule has 1 unspecified atom stereocenters. The van der Waals surface area contributed by atoms with Gasteiger partial charge in [0.1, 0.15) is 12.0 Å². The Kier molecular flexibility index (Phi) is 6.25. The van der Waals surface area contributed by atoms with Crippen LogP contribution in [0.5, 0.6) is 5.75 Å². The summed E-state index contributed by atoms with van der Waals surface area (Å²) in [6.45, 7) is 4.15. The zero-order valence-electron chi connectivity index (χ0n) is 14.3. The van der Waals surface area contributed by atoms with Gasteiger partial charge in [-0.05, 0) is 30.0 Å². The van der Waals surface area contributed by atoms with Crippen molar-refractivity contribution in [2.24, 2.45) is 11.7 Å². The number of carbonyl (C=O) groups excluding carboxylic acids is 1. The molecular formula is C17H20F3N3O3. The Morgan fingerprint density at radius 1 is 1.31 bits per heavy atom. The highest BCUT2D eigenvalue weighted by atomic mass is 19.4. The van der Waals surface area contributed by atoms with E-state index < -0.39 is 18.3 Å². The lowest BCUT2D eigenvalue weighted by molar-refractivity contribution is -0.274. The molecule has 0 aliphatic heterocycles. The van der Waals surface area contributed by atoms with E-state index in [-0.39, 0.29) is 23.9 Å². The second-order valence-electron chi connectivity index (χ2n) is 6.18. The van der Waals surface area contributed by atoms with Gasteiger partial charge in [0.15, 0.2) is 5.69 Å². The van der Waals surface area contributed by atoms with Crippen molar-refractivity contribution < 1.29 is 27.1 Å². The average molecular weight is 371 g/mol. The highest BCUT2D eigenvalue weighted by molar-refractivity contribution is 5.91. The molecule has 1 amide bonds. The lowest BCUT2D eigenvalue weighted by Gasteiger charge is -2.09. The van der Waals surface area contributed by atoms with E-state index in [1.54, 1.807) is 0 Å². The minimum absolute atomic E-state index is 0.0937. The number of amides is 1. The molecule has 3 N–H and O–H groups in total. The average Bonchev–Trinajstić information content (AvgIpc) is 3.02. The summed E-state index contributed by atoms with van der Waals surface area (Å²) in [6.07, 6.45) is -2.84. The Morgan fingerprint density at radius 3 is 2.54 bits per heavy atom. The monoisotopic (exact) mass is 371 g/mol. The van der Waals surface area contributed by atoms with Crippen LogP contribution in [0.25, 0.3) is 0 Å². The van der Waals surface area contributed by atoms with Crippen LogP contribution in [0.4, 0.5) is 13.2 Å². The molecule has 0 spiro atoms. The van der Waals surface area contributed by atoms with Gasteiger partial charge in [-0.1, -0.05) is 26.0 Å². The van der Waals surface area contributed by atoms with E-state index in [9.17, 15) is 18.0 Å². The Morgan fingerprint density at radius 2 is 1.96 bits per heavy atom. The number of nitrogens with two attached hydrogens (primary N) is 1.